The summed E-state index contributed by atoms with van der Waals surface area (Å²) < 4.78 is 40.9. The van der Waals surface area contributed by atoms with Crippen LogP contribution in [0.5, 0.6) is 6.01 Å². The van der Waals surface area contributed by atoms with Crippen molar-refractivity contribution in [3.05, 3.63) is 59.6 Å². The molecular weight excluding hydrogens is 632 g/mol. The standard InChI is InChI=1S/C32H39ClN4O6SSi/c1-44(2,39)36-23-8-6-7-22(15-23)20-9-11-21(12-10-20)28-24(33)16-25-31(35-28)37(19-40-13-14-45(3,4)5)32(34-25)43-27-18-42-29-26(38)17-41-30(27)29/h6-12,15-16,26-27,29-30,38H,1,13-14,17-19H2,2-5H3,(H,36,39)/t26-,27-,29-,30-,44?/m1/s1. The lowest BCUT2D eigenvalue weighted by atomic mass is 10.0. The number of nitrogens with zero attached hydrogens (tertiary/aromatic N) is 3. The Balaban J connectivity index is 1.30. The summed E-state index contributed by atoms with van der Waals surface area (Å²) in [5, 5.41) is 10.6. The molecule has 13 heteroatoms. The number of ether oxygens (including phenoxy) is 4. The Morgan fingerprint density at radius 1 is 1.07 bits per heavy atom. The van der Waals surface area contributed by atoms with Gasteiger partial charge in [-0.05, 0) is 41.2 Å². The van der Waals surface area contributed by atoms with Crippen LogP contribution >= 0.6 is 11.6 Å². The summed E-state index contributed by atoms with van der Waals surface area (Å²) >= 11 is 6.79. The van der Waals surface area contributed by atoms with Gasteiger partial charge in [0.15, 0.2) is 11.8 Å². The molecule has 0 bridgehead atoms. The molecule has 0 saturated carbocycles. The summed E-state index contributed by atoms with van der Waals surface area (Å²) in [6.45, 7) is 8.24. The van der Waals surface area contributed by atoms with E-state index in [2.05, 4.69) is 30.2 Å². The maximum atomic E-state index is 12.1. The number of aromatic nitrogens is 3. The van der Waals surface area contributed by atoms with E-state index in [1.165, 1.54) is 0 Å². The fraction of sp³-hybridized carbons (Fsp3) is 0.406. The molecule has 2 aromatic carbocycles. The molecule has 4 aromatic rings. The predicted octanol–water partition coefficient (Wildman–Crippen LogP) is 5.31. The molecule has 0 spiro atoms. The minimum Gasteiger partial charge on any atom is -0.456 e. The zero-order valence-corrected chi connectivity index (χ0v) is 28.4. The van der Waals surface area contributed by atoms with Crippen molar-refractivity contribution in [3.8, 4) is 28.4 Å². The summed E-state index contributed by atoms with van der Waals surface area (Å²) in [5.74, 6) is 3.68. The Bertz CT molecular complexity index is 1790. The van der Waals surface area contributed by atoms with E-state index < -0.39 is 36.1 Å². The summed E-state index contributed by atoms with van der Waals surface area (Å²) in [5.41, 5.74) is 5.30. The van der Waals surface area contributed by atoms with Gasteiger partial charge < -0.3 is 28.8 Å². The van der Waals surface area contributed by atoms with E-state index in [9.17, 15) is 9.32 Å². The molecule has 1 unspecified atom stereocenters. The zero-order chi connectivity index (χ0) is 31.9. The number of rotatable bonds is 11. The van der Waals surface area contributed by atoms with Gasteiger partial charge in [0, 0.05) is 41.9 Å². The average Bonchev–Trinajstić information content (AvgIpc) is 3.64. The van der Waals surface area contributed by atoms with Crippen LogP contribution in [0.3, 0.4) is 0 Å². The number of pyridine rings is 1. The van der Waals surface area contributed by atoms with Crippen LogP contribution < -0.4 is 9.46 Å². The van der Waals surface area contributed by atoms with Crippen molar-refractivity contribution in [2.75, 3.05) is 30.8 Å². The number of halogens is 1. The summed E-state index contributed by atoms with van der Waals surface area (Å²) in [4.78, 5) is 9.71. The van der Waals surface area contributed by atoms with Gasteiger partial charge in [-0.2, -0.15) is 4.98 Å². The number of aliphatic hydroxyl groups excluding tert-OH is 1. The third kappa shape index (κ3) is 7.38. The summed E-state index contributed by atoms with van der Waals surface area (Å²) in [7, 11) is -3.68. The highest BCUT2D eigenvalue weighted by atomic mass is 35.5. The highest BCUT2D eigenvalue weighted by molar-refractivity contribution is 8.00. The number of nitrogens with one attached hydrogen (secondary N) is 1. The minimum atomic E-state index is -2.39. The first-order valence-electron chi connectivity index (χ1n) is 14.9. The van der Waals surface area contributed by atoms with E-state index in [-0.39, 0.29) is 26.0 Å². The average molecular weight is 671 g/mol. The van der Waals surface area contributed by atoms with Crippen molar-refractivity contribution < 1.29 is 28.3 Å². The van der Waals surface area contributed by atoms with Gasteiger partial charge in [0.2, 0.25) is 0 Å². The van der Waals surface area contributed by atoms with Crippen molar-refractivity contribution in [2.45, 2.75) is 56.8 Å². The molecule has 2 saturated heterocycles. The molecule has 2 aliphatic rings. The normalized spacial score (nSPS) is 22.8. The van der Waals surface area contributed by atoms with Crippen LogP contribution in [0.4, 0.5) is 5.69 Å². The second-order valence-electron chi connectivity index (χ2n) is 12.9. The number of hydrogen-bond acceptors (Lipinski definition) is 8. The number of hydrogen-bond donors (Lipinski definition) is 2. The molecular formula is C32H39ClN4O6SSi. The molecule has 0 amide bonds. The number of fused-ring (bicyclic) bond motifs is 2. The largest absolute Gasteiger partial charge is 0.456 e. The lowest BCUT2D eigenvalue weighted by Gasteiger charge is -2.19. The topological polar surface area (TPSA) is 117 Å². The van der Waals surface area contributed by atoms with Crippen molar-refractivity contribution in [1.29, 1.82) is 0 Å². The van der Waals surface area contributed by atoms with E-state index in [4.69, 9.17) is 40.5 Å². The summed E-state index contributed by atoms with van der Waals surface area (Å²) in [6.07, 6.45) is -0.341. The summed E-state index contributed by atoms with van der Waals surface area (Å²) in [6, 6.07) is 18.8. The third-order valence-electron chi connectivity index (χ3n) is 7.78. The van der Waals surface area contributed by atoms with Gasteiger partial charge in [0.25, 0.3) is 0 Å². The van der Waals surface area contributed by atoms with Crippen LogP contribution in [0.1, 0.15) is 0 Å². The van der Waals surface area contributed by atoms with Crippen molar-refractivity contribution in [3.63, 3.8) is 0 Å². The molecule has 240 valence electrons. The lowest BCUT2D eigenvalue weighted by molar-refractivity contribution is 0.00336. The van der Waals surface area contributed by atoms with Crippen molar-refractivity contribution >= 4 is 52.1 Å². The number of imidazole rings is 1. The maximum Gasteiger partial charge on any atom is 0.301 e. The Hall–Kier alpha value is -2.97. The van der Waals surface area contributed by atoms with E-state index in [1.54, 1.807) is 12.3 Å². The lowest BCUT2D eigenvalue weighted by Crippen LogP contribution is -2.35. The molecule has 0 radical (unpaired) electrons. The van der Waals surface area contributed by atoms with E-state index >= 15 is 0 Å². The number of benzene rings is 2. The Morgan fingerprint density at radius 3 is 2.53 bits per heavy atom. The van der Waals surface area contributed by atoms with E-state index in [1.807, 2.05) is 53.1 Å². The van der Waals surface area contributed by atoms with Gasteiger partial charge in [-0.15, -0.1) is 0 Å². The molecule has 2 aliphatic heterocycles. The minimum absolute atomic E-state index is 0.205. The second-order valence-corrected chi connectivity index (χ2v) is 21.2. The van der Waals surface area contributed by atoms with Gasteiger partial charge in [-0.3, -0.25) is 4.57 Å². The van der Waals surface area contributed by atoms with Crippen LogP contribution in [0.2, 0.25) is 30.7 Å². The van der Waals surface area contributed by atoms with Crippen molar-refractivity contribution in [1.82, 2.24) is 14.5 Å². The second kappa shape index (κ2) is 12.7. The van der Waals surface area contributed by atoms with E-state index in [0.29, 0.717) is 34.5 Å². The van der Waals surface area contributed by atoms with Crippen LogP contribution in [-0.4, -0.2) is 88.3 Å². The number of anilines is 1. The van der Waals surface area contributed by atoms with E-state index in [0.717, 1.165) is 28.4 Å². The first kappa shape index (κ1) is 32.0. The first-order chi connectivity index (χ1) is 21.3. The molecule has 4 heterocycles. The molecule has 5 atom stereocenters. The highest BCUT2D eigenvalue weighted by Crippen LogP contribution is 2.35. The molecule has 2 N–H and O–H groups in total. The molecule has 45 heavy (non-hydrogen) atoms. The monoisotopic (exact) mass is 670 g/mol. The fourth-order valence-electron chi connectivity index (χ4n) is 5.46. The van der Waals surface area contributed by atoms with Gasteiger partial charge in [-0.1, -0.05) is 67.6 Å². The van der Waals surface area contributed by atoms with Gasteiger partial charge in [-0.25, -0.2) is 9.19 Å². The quantitative estimate of drug-likeness (QED) is 0.125. The zero-order valence-electron chi connectivity index (χ0n) is 25.9. The van der Waals surface area contributed by atoms with Crippen LogP contribution in [0.15, 0.2) is 54.6 Å². The van der Waals surface area contributed by atoms with Gasteiger partial charge in [0.05, 0.1) is 23.9 Å². The van der Waals surface area contributed by atoms with Crippen molar-refractivity contribution in [2.24, 2.45) is 0 Å². The third-order valence-corrected chi connectivity index (χ3v) is 10.4. The maximum absolute atomic E-state index is 12.1. The smallest absolute Gasteiger partial charge is 0.301 e. The Labute approximate surface area is 269 Å². The van der Waals surface area contributed by atoms with Crippen LogP contribution in [0, 0.1) is 0 Å². The molecule has 0 aliphatic carbocycles. The van der Waals surface area contributed by atoms with Gasteiger partial charge in [0.1, 0.15) is 30.6 Å². The Kier molecular flexibility index (Phi) is 9.01. The molecule has 10 nitrogen and oxygen atoms in total. The van der Waals surface area contributed by atoms with Gasteiger partial charge >= 0.3 is 6.01 Å². The highest BCUT2D eigenvalue weighted by Gasteiger charge is 2.49. The van der Waals surface area contributed by atoms with Crippen LogP contribution in [0.25, 0.3) is 33.5 Å². The predicted molar refractivity (Wildman–Crippen MR) is 182 cm³/mol. The van der Waals surface area contributed by atoms with Crippen LogP contribution in [-0.2, 0) is 30.6 Å². The molecule has 6 rings (SSSR count). The Morgan fingerprint density at radius 2 is 1.80 bits per heavy atom. The number of aliphatic hydroxyl groups is 1. The first-order valence-corrected chi connectivity index (χ1v) is 21.1. The molecule has 2 aromatic heterocycles. The fourth-order valence-corrected chi connectivity index (χ4v) is 7.10. The molecule has 2 fully saturated rings. The SMILES string of the molecule is C=S(C)(=O)Nc1cccc(-c2ccc(-c3nc4c(cc3Cl)nc(O[C@@H]3CO[C@H]5[C@@H]3OC[C@H]5O)n4COCC[Si](C)(C)C)cc2)c1.